The van der Waals surface area contributed by atoms with Crippen LogP contribution in [0.1, 0.15) is 33.6 Å². The Balaban J connectivity index is 2.58. The van der Waals surface area contributed by atoms with E-state index in [1.165, 1.54) is 24.3 Å². The summed E-state index contributed by atoms with van der Waals surface area (Å²) in [7, 11) is 0. The maximum atomic E-state index is 12.8. The van der Waals surface area contributed by atoms with E-state index in [0.717, 1.165) is 0 Å². The van der Waals surface area contributed by atoms with Crippen molar-refractivity contribution in [2.75, 3.05) is 6.61 Å². The molecule has 0 saturated carbocycles. The molecule has 1 aromatic rings. The van der Waals surface area contributed by atoms with Crippen molar-refractivity contribution in [3.8, 4) is 5.75 Å². The van der Waals surface area contributed by atoms with Crippen LogP contribution < -0.4 is 10.1 Å². The summed E-state index contributed by atoms with van der Waals surface area (Å²) in [6, 6.07) is 5.50. The van der Waals surface area contributed by atoms with E-state index in [1.54, 1.807) is 13.8 Å². The molecule has 1 unspecified atom stereocenters. The van der Waals surface area contributed by atoms with Crippen LogP contribution in [0, 0.1) is 5.82 Å². The van der Waals surface area contributed by atoms with Gasteiger partial charge in [-0.3, -0.25) is 4.79 Å². The molecule has 0 saturated heterocycles. The largest absolute Gasteiger partial charge is 0.478 e. The van der Waals surface area contributed by atoms with Gasteiger partial charge in [0, 0.05) is 12.6 Å². The van der Waals surface area contributed by atoms with Gasteiger partial charge in [0.25, 0.3) is 5.91 Å². The van der Waals surface area contributed by atoms with Crippen LogP contribution in [0.4, 0.5) is 4.39 Å². The Morgan fingerprint density at radius 2 is 2.00 bits per heavy atom. The fourth-order valence-electron chi connectivity index (χ4n) is 1.71. The molecule has 1 aromatic carbocycles. The molecule has 0 bridgehead atoms. The van der Waals surface area contributed by atoms with E-state index in [1.807, 2.05) is 6.92 Å². The van der Waals surface area contributed by atoms with Crippen molar-refractivity contribution >= 4 is 5.91 Å². The number of benzene rings is 1. The zero-order valence-electron chi connectivity index (χ0n) is 12.1. The van der Waals surface area contributed by atoms with Gasteiger partial charge in [0.15, 0.2) is 5.60 Å². The lowest BCUT2D eigenvalue weighted by Gasteiger charge is -2.27. The first-order valence-electron chi connectivity index (χ1n) is 6.71. The van der Waals surface area contributed by atoms with E-state index >= 15 is 0 Å². The predicted molar refractivity (Wildman–Crippen MR) is 75.0 cm³/mol. The molecule has 0 aliphatic rings. The first-order chi connectivity index (χ1) is 9.35. The fourth-order valence-corrected chi connectivity index (χ4v) is 1.71. The number of hydrogen-bond acceptors (Lipinski definition) is 3. The standard InChI is InChI=1S/C15H22FNO3/c1-11(5-4-10-18)17-14(19)15(2,3)20-13-8-6-12(16)7-9-13/h6-9,11,18H,4-5,10H2,1-3H3,(H,17,19). The lowest BCUT2D eigenvalue weighted by molar-refractivity contribution is -0.134. The number of aliphatic hydroxyl groups is 1. The van der Waals surface area contributed by atoms with E-state index in [-0.39, 0.29) is 24.4 Å². The van der Waals surface area contributed by atoms with Crippen molar-refractivity contribution < 1.29 is 19.0 Å². The molecule has 4 nitrogen and oxygen atoms in total. The Kier molecular flexibility index (Phi) is 5.95. The van der Waals surface area contributed by atoms with Crippen LogP contribution in [0.2, 0.25) is 0 Å². The van der Waals surface area contributed by atoms with Crippen LogP contribution in [0.15, 0.2) is 24.3 Å². The van der Waals surface area contributed by atoms with Crippen LogP contribution >= 0.6 is 0 Å². The molecule has 0 aliphatic heterocycles. The van der Waals surface area contributed by atoms with E-state index in [9.17, 15) is 9.18 Å². The van der Waals surface area contributed by atoms with Crippen molar-refractivity contribution in [3.63, 3.8) is 0 Å². The average Bonchev–Trinajstić information content (AvgIpc) is 2.38. The Morgan fingerprint density at radius 1 is 1.40 bits per heavy atom. The topological polar surface area (TPSA) is 58.6 Å². The van der Waals surface area contributed by atoms with E-state index < -0.39 is 5.60 Å². The first kappa shape index (κ1) is 16.4. The highest BCUT2D eigenvalue weighted by Gasteiger charge is 2.30. The van der Waals surface area contributed by atoms with Crippen molar-refractivity contribution in [1.29, 1.82) is 0 Å². The first-order valence-corrected chi connectivity index (χ1v) is 6.71. The second kappa shape index (κ2) is 7.24. The van der Waals surface area contributed by atoms with Gasteiger partial charge in [-0.25, -0.2) is 4.39 Å². The monoisotopic (exact) mass is 283 g/mol. The SMILES string of the molecule is CC(CCCO)NC(=O)C(C)(C)Oc1ccc(F)cc1. The van der Waals surface area contributed by atoms with Gasteiger partial charge in [0.1, 0.15) is 11.6 Å². The fraction of sp³-hybridized carbons (Fsp3) is 0.533. The van der Waals surface area contributed by atoms with Gasteiger partial charge in [-0.05, 0) is 57.9 Å². The Morgan fingerprint density at radius 3 is 2.55 bits per heavy atom. The van der Waals surface area contributed by atoms with Gasteiger partial charge in [0.05, 0.1) is 0 Å². The van der Waals surface area contributed by atoms with Gasteiger partial charge < -0.3 is 15.2 Å². The third-order valence-electron chi connectivity index (χ3n) is 2.91. The van der Waals surface area contributed by atoms with Crippen molar-refractivity contribution in [2.24, 2.45) is 0 Å². The van der Waals surface area contributed by atoms with Gasteiger partial charge in [0.2, 0.25) is 0 Å². The highest BCUT2D eigenvalue weighted by atomic mass is 19.1. The highest BCUT2D eigenvalue weighted by Crippen LogP contribution is 2.19. The van der Waals surface area contributed by atoms with Crippen LogP contribution in [0.3, 0.4) is 0 Å². The highest BCUT2D eigenvalue weighted by molar-refractivity contribution is 5.84. The number of aliphatic hydroxyl groups excluding tert-OH is 1. The average molecular weight is 283 g/mol. The number of carbonyl (C=O) groups excluding carboxylic acids is 1. The quantitative estimate of drug-likeness (QED) is 0.807. The van der Waals surface area contributed by atoms with Crippen molar-refractivity contribution in [1.82, 2.24) is 5.32 Å². The predicted octanol–water partition coefficient (Wildman–Crippen LogP) is 2.26. The Labute approximate surface area is 119 Å². The van der Waals surface area contributed by atoms with Gasteiger partial charge in [-0.15, -0.1) is 0 Å². The Hall–Kier alpha value is -1.62. The summed E-state index contributed by atoms with van der Waals surface area (Å²) in [4.78, 5) is 12.1. The summed E-state index contributed by atoms with van der Waals surface area (Å²) in [5.41, 5.74) is -1.05. The molecule has 5 heteroatoms. The molecule has 0 heterocycles. The summed E-state index contributed by atoms with van der Waals surface area (Å²) in [6.07, 6.45) is 1.34. The third kappa shape index (κ3) is 5.17. The Bertz CT molecular complexity index is 431. The zero-order chi connectivity index (χ0) is 15.2. The summed E-state index contributed by atoms with van der Waals surface area (Å²) >= 11 is 0. The minimum Gasteiger partial charge on any atom is -0.478 e. The normalized spacial score (nSPS) is 12.8. The molecule has 0 spiro atoms. The van der Waals surface area contributed by atoms with Gasteiger partial charge in [-0.2, -0.15) is 0 Å². The number of amides is 1. The van der Waals surface area contributed by atoms with E-state index in [0.29, 0.717) is 18.6 Å². The second-order valence-electron chi connectivity index (χ2n) is 5.31. The number of ether oxygens (including phenoxy) is 1. The lowest BCUT2D eigenvalue weighted by Crippen LogP contribution is -2.49. The minimum absolute atomic E-state index is 0.0363. The molecule has 1 rings (SSSR count). The van der Waals surface area contributed by atoms with Crippen LogP contribution in [-0.4, -0.2) is 29.3 Å². The maximum absolute atomic E-state index is 12.8. The van der Waals surface area contributed by atoms with E-state index in [4.69, 9.17) is 9.84 Å². The molecule has 112 valence electrons. The molecule has 1 amide bonds. The smallest absolute Gasteiger partial charge is 0.263 e. The zero-order valence-corrected chi connectivity index (χ0v) is 12.1. The number of hydrogen-bond donors (Lipinski definition) is 2. The molecule has 0 radical (unpaired) electrons. The number of nitrogens with one attached hydrogen (secondary N) is 1. The second-order valence-corrected chi connectivity index (χ2v) is 5.31. The molecule has 0 fully saturated rings. The molecule has 2 N–H and O–H groups in total. The van der Waals surface area contributed by atoms with Crippen LogP contribution in [0.25, 0.3) is 0 Å². The summed E-state index contributed by atoms with van der Waals surface area (Å²) < 4.78 is 18.4. The van der Waals surface area contributed by atoms with Gasteiger partial charge in [-0.1, -0.05) is 0 Å². The summed E-state index contributed by atoms with van der Waals surface area (Å²) in [6.45, 7) is 5.30. The molecule has 1 atom stereocenters. The minimum atomic E-state index is -1.05. The lowest BCUT2D eigenvalue weighted by atomic mass is 10.1. The molecule has 0 aromatic heterocycles. The number of carbonyl (C=O) groups is 1. The maximum Gasteiger partial charge on any atom is 0.263 e. The number of halogens is 1. The van der Waals surface area contributed by atoms with Gasteiger partial charge >= 0.3 is 0 Å². The molecule has 0 aliphatic carbocycles. The van der Waals surface area contributed by atoms with Crippen molar-refractivity contribution in [3.05, 3.63) is 30.1 Å². The molecular formula is C15H22FNO3. The van der Waals surface area contributed by atoms with Crippen molar-refractivity contribution in [2.45, 2.75) is 45.3 Å². The summed E-state index contributed by atoms with van der Waals surface area (Å²) in [5, 5.41) is 11.6. The van der Waals surface area contributed by atoms with E-state index in [2.05, 4.69) is 5.32 Å². The van der Waals surface area contributed by atoms with Crippen LogP contribution in [0.5, 0.6) is 5.75 Å². The molecule has 20 heavy (non-hydrogen) atoms. The third-order valence-corrected chi connectivity index (χ3v) is 2.91. The number of rotatable bonds is 7. The summed E-state index contributed by atoms with van der Waals surface area (Å²) in [5.74, 6) is -0.154. The molecular weight excluding hydrogens is 261 g/mol. The van der Waals surface area contributed by atoms with Crippen LogP contribution in [-0.2, 0) is 4.79 Å².